The molecular weight excluding hydrogens is 266 g/mol. The molecule has 1 aliphatic heterocycles. The van der Waals surface area contributed by atoms with Gasteiger partial charge in [-0.05, 0) is 24.2 Å². The SMILES string of the molecule is CC(C)(C)CC1CC(NC(=O)C(C)(C)C)CN(C(N)=O)C1. The normalized spacial score (nSPS) is 23.8. The Hall–Kier alpha value is -1.26. The topological polar surface area (TPSA) is 75.4 Å². The highest BCUT2D eigenvalue weighted by Gasteiger charge is 2.33. The van der Waals surface area contributed by atoms with Crippen LogP contribution in [0.15, 0.2) is 0 Å². The van der Waals surface area contributed by atoms with Crippen LogP contribution in [0.1, 0.15) is 54.4 Å². The summed E-state index contributed by atoms with van der Waals surface area (Å²) < 4.78 is 0. The third-order valence-electron chi connectivity index (χ3n) is 3.77. The summed E-state index contributed by atoms with van der Waals surface area (Å²) in [5.41, 5.74) is 5.22. The fourth-order valence-electron chi connectivity index (χ4n) is 2.90. The van der Waals surface area contributed by atoms with Gasteiger partial charge in [0.15, 0.2) is 0 Å². The summed E-state index contributed by atoms with van der Waals surface area (Å²) in [6, 6.07) is -0.408. The van der Waals surface area contributed by atoms with E-state index in [9.17, 15) is 9.59 Å². The summed E-state index contributed by atoms with van der Waals surface area (Å²) >= 11 is 0. The van der Waals surface area contributed by atoms with Gasteiger partial charge in [-0.3, -0.25) is 4.79 Å². The van der Waals surface area contributed by atoms with Crippen molar-refractivity contribution < 1.29 is 9.59 Å². The average Bonchev–Trinajstić information content (AvgIpc) is 2.24. The van der Waals surface area contributed by atoms with E-state index in [1.807, 2.05) is 20.8 Å². The molecule has 0 bridgehead atoms. The van der Waals surface area contributed by atoms with Gasteiger partial charge in [0.25, 0.3) is 0 Å². The maximum atomic E-state index is 12.2. The maximum absolute atomic E-state index is 12.2. The van der Waals surface area contributed by atoms with Gasteiger partial charge < -0.3 is 16.0 Å². The molecule has 122 valence electrons. The molecule has 1 saturated heterocycles. The number of nitrogens with zero attached hydrogens (tertiary/aromatic N) is 1. The van der Waals surface area contributed by atoms with Gasteiger partial charge in [-0.1, -0.05) is 41.5 Å². The zero-order valence-electron chi connectivity index (χ0n) is 14.3. The lowest BCUT2D eigenvalue weighted by molar-refractivity contribution is -0.129. The molecule has 0 saturated carbocycles. The minimum atomic E-state index is -0.422. The summed E-state index contributed by atoms with van der Waals surface area (Å²) in [6.07, 6.45) is 1.92. The van der Waals surface area contributed by atoms with Gasteiger partial charge in [0.05, 0.1) is 0 Å². The number of amides is 3. The molecule has 0 aliphatic carbocycles. The van der Waals surface area contributed by atoms with Gasteiger partial charge in [-0.25, -0.2) is 4.79 Å². The Bertz CT molecular complexity index is 393. The van der Waals surface area contributed by atoms with Crippen LogP contribution in [-0.2, 0) is 4.79 Å². The molecule has 21 heavy (non-hydrogen) atoms. The van der Waals surface area contributed by atoms with Crippen molar-refractivity contribution in [3.8, 4) is 0 Å². The molecule has 1 heterocycles. The molecule has 3 N–H and O–H groups in total. The molecule has 5 heteroatoms. The standard InChI is InChI=1S/C16H31N3O2/c1-15(2,3)8-11-7-12(10-19(9-11)14(17)21)18-13(20)16(4,5)6/h11-12H,7-10H2,1-6H3,(H2,17,21)(H,18,20). The summed E-state index contributed by atoms with van der Waals surface area (Å²) in [6.45, 7) is 13.5. The van der Waals surface area contributed by atoms with Crippen LogP contribution in [0.3, 0.4) is 0 Å². The zero-order chi connectivity index (χ0) is 16.4. The largest absolute Gasteiger partial charge is 0.351 e. The third kappa shape index (κ3) is 5.94. The van der Waals surface area contributed by atoms with E-state index in [4.69, 9.17) is 5.73 Å². The number of rotatable bonds is 2. The van der Waals surface area contributed by atoms with Crippen LogP contribution < -0.4 is 11.1 Å². The molecule has 3 amide bonds. The molecule has 1 fully saturated rings. The van der Waals surface area contributed by atoms with Crippen molar-refractivity contribution in [1.29, 1.82) is 0 Å². The second-order valence-corrected chi connectivity index (χ2v) is 8.53. The Morgan fingerprint density at radius 3 is 2.14 bits per heavy atom. The smallest absolute Gasteiger partial charge is 0.314 e. The van der Waals surface area contributed by atoms with E-state index in [2.05, 4.69) is 26.1 Å². The quantitative estimate of drug-likeness (QED) is 0.821. The molecule has 2 atom stereocenters. The summed E-state index contributed by atoms with van der Waals surface area (Å²) in [5, 5.41) is 3.07. The average molecular weight is 297 g/mol. The first-order chi connectivity index (χ1) is 9.38. The van der Waals surface area contributed by atoms with Crippen LogP contribution in [0.2, 0.25) is 0 Å². The fraction of sp³-hybridized carbons (Fsp3) is 0.875. The van der Waals surface area contributed by atoms with Crippen LogP contribution >= 0.6 is 0 Å². The predicted octanol–water partition coefficient (Wildman–Crippen LogP) is 2.35. The molecular formula is C16H31N3O2. The number of carbonyl (C=O) groups is 2. The van der Waals surface area contributed by atoms with Crippen molar-refractivity contribution in [3.05, 3.63) is 0 Å². The van der Waals surface area contributed by atoms with Crippen LogP contribution in [0.4, 0.5) is 4.79 Å². The Morgan fingerprint density at radius 1 is 1.14 bits per heavy atom. The molecule has 5 nitrogen and oxygen atoms in total. The first-order valence-corrected chi connectivity index (χ1v) is 7.74. The molecule has 0 spiro atoms. The van der Waals surface area contributed by atoms with E-state index in [1.54, 1.807) is 4.90 Å². The predicted molar refractivity (Wildman–Crippen MR) is 84.7 cm³/mol. The Labute approximate surface area is 128 Å². The maximum Gasteiger partial charge on any atom is 0.314 e. The molecule has 1 rings (SSSR count). The number of piperidine rings is 1. The lowest BCUT2D eigenvalue weighted by Gasteiger charge is -2.40. The highest BCUT2D eigenvalue weighted by Crippen LogP contribution is 2.30. The van der Waals surface area contributed by atoms with Gasteiger partial charge in [-0.2, -0.15) is 0 Å². The van der Waals surface area contributed by atoms with Gasteiger partial charge in [0.1, 0.15) is 0 Å². The summed E-state index contributed by atoms with van der Waals surface area (Å²) in [7, 11) is 0. The number of primary amides is 1. The number of hydrogen-bond donors (Lipinski definition) is 2. The van der Waals surface area contributed by atoms with Gasteiger partial charge in [-0.15, -0.1) is 0 Å². The Morgan fingerprint density at radius 2 is 1.71 bits per heavy atom. The molecule has 0 aromatic rings. The summed E-state index contributed by atoms with van der Waals surface area (Å²) in [5.74, 6) is 0.393. The second-order valence-electron chi connectivity index (χ2n) is 8.53. The highest BCUT2D eigenvalue weighted by atomic mass is 16.2. The Kier molecular flexibility index (Phi) is 5.29. The van der Waals surface area contributed by atoms with Gasteiger partial charge in [0, 0.05) is 24.5 Å². The van der Waals surface area contributed by atoms with Crippen molar-refractivity contribution in [3.63, 3.8) is 0 Å². The van der Waals surface area contributed by atoms with E-state index in [1.165, 1.54) is 0 Å². The summed E-state index contributed by atoms with van der Waals surface area (Å²) in [4.78, 5) is 25.3. The van der Waals surface area contributed by atoms with Crippen molar-refractivity contribution in [2.24, 2.45) is 22.5 Å². The lowest BCUT2D eigenvalue weighted by Crippen LogP contribution is -2.55. The van der Waals surface area contributed by atoms with Crippen molar-refractivity contribution >= 4 is 11.9 Å². The number of likely N-dealkylation sites (tertiary alicyclic amines) is 1. The number of carbonyl (C=O) groups excluding carboxylic acids is 2. The van der Waals surface area contributed by atoms with Gasteiger partial charge in [0.2, 0.25) is 5.91 Å². The molecule has 0 aromatic carbocycles. The number of nitrogens with two attached hydrogens (primary N) is 1. The van der Waals surface area contributed by atoms with Crippen LogP contribution in [-0.4, -0.2) is 36.0 Å². The lowest BCUT2D eigenvalue weighted by atomic mass is 9.80. The van der Waals surface area contributed by atoms with E-state index in [-0.39, 0.29) is 17.4 Å². The van der Waals surface area contributed by atoms with E-state index in [0.717, 1.165) is 12.8 Å². The first kappa shape index (κ1) is 17.8. The van der Waals surface area contributed by atoms with Crippen LogP contribution in [0.5, 0.6) is 0 Å². The van der Waals surface area contributed by atoms with Crippen molar-refractivity contribution in [1.82, 2.24) is 10.2 Å². The molecule has 2 unspecified atom stereocenters. The monoisotopic (exact) mass is 297 g/mol. The Balaban J connectivity index is 2.75. The van der Waals surface area contributed by atoms with E-state index >= 15 is 0 Å². The fourth-order valence-corrected chi connectivity index (χ4v) is 2.90. The van der Waals surface area contributed by atoms with Crippen LogP contribution in [0, 0.1) is 16.7 Å². The first-order valence-electron chi connectivity index (χ1n) is 7.74. The van der Waals surface area contributed by atoms with E-state index < -0.39 is 11.4 Å². The minimum absolute atomic E-state index is 0.00896. The zero-order valence-corrected chi connectivity index (χ0v) is 14.3. The molecule has 0 radical (unpaired) electrons. The van der Waals surface area contributed by atoms with Crippen molar-refractivity contribution in [2.45, 2.75) is 60.4 Å². The van der Waals surface area contributed by atoms with Gasteiger partial charge >= 0.3 is 6.03 Å². The van der Waals surface area contributed by atoms with Crippen LogP contribution in [0.25, 0.3) is 0 Å². The third-order valence-corrected chi connectivity index (χ3v) is 3.77. The second kappa shape index (κ2) is 6.24. The minimum Gasteiger partial charge on any atom is -0.351 e. The number of hydrogen-bond acceptors (Lipinski definition) is 2. The number of urea groups is 1. The van der Waals surface area contributed by atoms with Crippen molar-refractivity contribution in [2.75, 3.05) is 13.1 Å². The molecule has 0 aromatic heterocycles. The highest BCUT2D eigenvalue weighted by molar-refractivity contribution is 5.81. The number of nitrogens with one attached hydrogen (secondary N) is 1. The van der Waals surface area contributed by atoms with E-state index in [0.29, 0.717) is 19.0 Å². The molecule has 1 aliphatic rings.